The average Bonchev–Trinajstić information content (AvgIpc) is 2.16. The lowest BCUT2D eigenvalue weighted by atomic mass is 10.9. The molecule has 0 amide bonds. The summed E-state index contributed by atoms with van der Waals surface area (Å²) < 4.78 is 61.1. The molecule has 0 rings (SSSR count). The molecule has 0 saturated carbocycles. The predicted octanol–water partition coefficient (Wildman–Crippen LogP) is 4.84. The fourth-order valence-electron chi connectivity index (χ4n) is 0.562. The minimum atomic E-state index is -4.26. The van der Waals surface area contributed by atoms with Crippen LogP contribution in [0.3, 0.4) is 0 Å². The molecule has 0 bridgehead atoms. The molecule has 0 aromatic heterocycles. The zero-order valence-electron chi connectivity index (χ0n) is 8.03. The summed E-state index contributed by atoms with van der Waals surface area (Å²) in [6, 6.07) is 0. The minimum Gasteiger partial charge on any atom is -0.300 e. The van der Waals surface area contributed by atoms with Gasteiger partial charge < -0.3 is 0 Å². The lowest BCUT2D eigenvalue weighted by Gasteiger charge is -2.15. The van der Waals surface area contributed by atoms with E-state index in [9.17, 15) is 17.1 Å². The second-order valence-electron chi connectivity index (χ2n) is 1.96. The molecule has 0 N–H and O–H groups in total. The first kappa shape index (κ1) is 15.7. The van der Waals surface area contributed by atoms with Gasteiger partial charge in [-0.05, 0) is 18.5 Å². The Bertz CT molecular complexity index is 224. The van der Waals surface area contributed by atoms with Crippen LogP contribution in [0.2, 0.25) is 0 Å². The summed E-state index contributed by atoms with van der Waals surface area (Å²) in [6.07, 6.45) is 0. The van der Waals surface area contributed by atoms with Crippen LogP contribution in [0.25, 0.3) is 0 Å². The van der Waals surface area contributed by atoms with E-state index in [2.05, 4.69) is 13.6 Å². The van der Waals surface area contributed by atoms with Crippen LogP contribution < -0.4 is 0 Å². The van der Waals surface area contributed by atoms with Gasteiger partial charge in [0, 0.05) is 0 Å². The molecule has 0 aliphatic rings. The van der Waals surface area contributed by atoms with Crippen molar-refractivity contribution < 1.29 is 26.1 Å². The zero-order chi connectivity index (χ0) is 11.9. The monoisotopic (exact) mass is 288 g/mol. The van der Waals surface area contributed by atoms with E-state index in [1.807, 2.05) is 0 Å². The lowest BCUT2D eigenvalue weighted by molar-refractivity contribution is 0.228. The summed E-state index contributed by atoms with van der Waals surface area (Å²) in [5, 5.41) is 0. The molecule has 0 saturated heterocycles. The second-order valence-corrected chi connectivity index (χ2v) is 5.87. The minimum absolute atomic E-state index is 0.0961. The standard InChI is InChI=1S/C4H11F4N2O2P3/c1-3-11-15(8,12-4-2)9-14(7)10(5)13-6/h13H,3-4H2,1-2H3. The number of hydrogen-bond donors (Lipinski definition) is 0. The molecule has 2 unspecified atom stereocenters. The summed E-state index contributed by atoms with van der Waals surface area (Å²) in [6.45, 7) is 2.71. The van der Waals surface area contributed by atoms with Gasteiger partial charge >= 0.3 is 16.4 Å². The van der Waals surface area contributed by atoms with E-state index in [1.165, 1.54) is 13.8 Å². The van der Waals surface area contributed by atoms with Gasteiger partial charge in [-0.1, -0.05) is 0 Å². The molecule has 2 atom stereocenters. The Kier molecular flexibility index (Phi) is 8.24. The molecule has 0 aliphatic heterocycles. The van der Waals surface area contributed by atoms with Crippen LogP contribution in [-0.4, -0.2) is 17.9 Å². The van der Waals surface area contributed by atoms with Gasteiger partial charge in [-0.3, -0.25) is 9.05 Å². The van der Waals surface area contributed by atoms with Gasteiger partial charge in [0.15, 0.2) is 9.04 Å². The van der Waals surface area contributed by atoms with E-state index in [1.54, 1.807) is 0 Å². The molecule has 0 radical (unpaired) electrons. The summed E-state index contributed by atoms with van der Waals surface area (Å²) in [5.41, 5.74) is 0. The highest BCUT2D eigenvalue weighted by Crippen LogP contribution is 2.64. The molecular weight excluding hydrogens is 277 g/mol. The van der Waals surface area contributed by atoms with E-state index in [4.69, 9.17) is 0 Å². The smallest absolute Gasteiger partial charge is 0.300 e. The molecule has 0 aromatic carbocycles. The number of halogens is 4. The summed E-state index contributed by atoms with van der Waals surface area (Å²) in [7, 11) is -9.59. The summed E-state index contributed by atoms with van der Waals surface area (Å²) >= 11 is 0. The molecule has 0 heterocycles. The van der Waals surface area contributed by atoms with Gasteiger partial charge in [-0.2, -0.15) is 4.20 Å². The maximum absolute atomic E-state index is 13.5. The third-order valence-electron chi connectivity index (χ3n) is 0.972. The van der Waals surface area contributed by atoms with Gasteiger partial charge in [-0.15, -0.1) is 13.2 Å². The van der Waals surface area contributed by atoms with Gasteiger partial charge in [0.2, 0.25) is 0 Å². The normalized spacial score (nSPS) is 15.1. The topological polar surface area (TPSA) is 34.1 Å². The zero-order valence-corrected chi connectivity index (χ0v) is 10.8. The Labute approximate surface area is 88.5 Å². The molecule has 0 aliphatic carbocycles. The van der Waals surface area contributed by atoms with Crippen LogP contribution in [0.1, 0.15) is 13.8 Å². The first-order chi connectivity index (χ1) is 6.99. The van der Waals surface area contributed by atoms with Crippen molar-refractivity contribution in [1.29, 1.82) is 0 Å². The predicted molar refractivity (Wildman–Crippen MR) is 54.1 cm³/mol. The molecule has 0 fully saturated rings. The van der Waals surface area contributed by atoms with Crippen molar-refractivity contribution in [2.45, 2.75) is 13.8 Å². The fourth-order valence-corrected chi connectivity index (χ4v) is 3.28. The van der Waals surface area contributed by atoms with Crippen molar-refractivity contribution in [2.75, 3.05) is 13.2 Å². The van der Waals surface area contributed by atoms with Crippen LogP contribution in [0, 0.1) is 0 Å². The van der Waals surface area contributed by atoms with Crippen LogP contribution in [-0.2, 0) is 9.05 Å². The SMILES string of the molecule is CCOP(F)(=NP(F)N(F)PF)OCC. The average molecular weight is 288 g/mol. The first-order valence-electron chi connectivity index (χ1n) is 3.88. The fraction of sp³-hybridized carbons (Fsp3) is 1.00. The number of nitrogens with zero attached hydrogens (tertiary/aromatic N) is 2. The maximum atomic E-state index is 13.5. The van der Waals surface area contributed by atoms with Crippen molar-refractivity contribution in [3.63, 3.8) is 0 Å². The largest absolute Gasteiger partial charge is 0.401 e. The quantitative estimate of drug-likeness (QED) is 0.382. The van der Waals surface area contributed by atoms with Crippen LogP contribution in [0.4, 0.5) is 17.1 Å². The maximum Gasteiger partial charge on any atom is 0.401 e. The Morgan fingerprint density at radius 2 is 1.87 bits per heavy atom. The molecule has 0 aromatic rings. The van der Waals surface area contributed by atoms with E-state index in [-0.39, 0.29) is 13.2 Å². The van der Waals surface area contributed by atoms with Crippen molar-refractivity contribution in [1.82, 2.24) is 4.66 Å². The van der Waals surface area contributed by atoms with E-state index < -0.39 is 30.1 Å². The van der Waals surface area contributed by atoms with Crippen molar-refractivity contribution in [2.24, 2.45) is 4.52 Å². The van der Waals surface area contributed by atoms with Gasteiger partial charge in [0.05, 0.1) is 13.2 Å². The Balaban J connectivity index is 4.65. The third kappa shape index (κ3) is 6.10. The highest BCUT2D eigenvalue weighted by Gasteiger charge is 2.28. The molecule has 15 heavy (non-hydrogen) atoms. The van der Waals surface area contributed by atoms with Crippen LogP contribution in [0.15, 0.2) is 4.52 Å². The Hall–Kier alpha value is 0.690. The number of hydrogen-bond acceptors (Lipinski definition) is 4. The molecule has 92 valence electrons. The van der Waals surface area contributed by atoms with Gasteiger partial charge in [0.25, 0.3) is 0 Å². The van der Waals surface area contributed by atoms with Crippen LogP contribution >= 0.6 is 25.4 Å². The van der Waals surface area contributed by atoms with Crippen molar-refractivity contribution in [3.05, 3.63) is 0 Å². The second kappa shape index (κ2) is 7.88. The van der Waals surface area contributed by atoms with E-state index in [0.717, 1.165) is 0 Å². The van der Waals surface area contributed by atoms with E-state index in [0.29, 0.717) is 0 Å². The molecule has 11 heteroatoms. The van der Waals surface area contributed by atoms with Crippen molar-refractivity contribution >= 4 is 25.4 Å². The molecule has 4 nitrogen and oxygen atoms in total. The highest BCUT2D eigenvalue weighted by atomic mass is 31.3. The summed E-state index contributed by atoms with van der Waals surface area (Å²) in [4.78, 5) is 0. The number of rotatable bonds is 7. The Morgan fingerprint density at radius 3 is 2.20 bits per heavy atom. The van der Waals surface area contributed by atoms with Crippen molar-refractivity contribution in [3.8, 4) is 0 Å². The van der Waals surface area contributed by atoms with E-state index >= 15 is 0 Å². The van der Waals surface area contributed by atoms with Gasteiger partial charge in [-0.25, -0.2) is 4.20 Å². The lowest BCUT2D eigenvalue weighted by Crippen LogP contribution is -1.92. The first-order valence-corrected chi connectivity index (χ1v) is 7.31. The Morgan fingerprint density at radius 1 is 1.40 bits per heavy atom. The third-order valence-corrected chi connectivity index (χ3v) is 4.72. The highest BCUT2D eigenvalue weighted by molar-refractivity contribution is 7.64. The molecule has 0 spiro atoms. The van der Waals surface area contributed by atoms with Crippen LogP contribution in [0.5, 0.6) is 0 Å². The molecular formula is C4H11F4N2O2P3. The summed E-state index contributed by atoms with van der Waals surface area (Å²) in [5.74, 6) is 0. The van der Waals surface area contributed by atoms with Gasteiger partial charge in [0.1, 0.15) is 0 Å².